The van der Waals surface area contributed by atoms with E-state index in [1.807, 2.05) is 56.2 Å². The molecule has 2 aromatic rings. The van der Waals surface area contributed by atoms with E-state index in [4.69, 9.17) is 0 Å². The third-order valence-electron chi connectivity index (χ3n) is 3.49. The summed E-state index contributed by atoms with van der Waals surface area (Å²) in [7, 11) is 5.99. The molecule has 1 aromatic heterocycles. The highest BCUT2D eigenvalue weighted by molar-refractivity contribution is 7.99. The number of aromatic nitrogens is 2. The van der Waals surface area contributed by atoms with Gasteiger partial charge in [0.2, 0.25) is 0 Å². The first kappa shape index (κ1) is 18.4. The number of nitrogens with zero attached hydrogens (tertiary/aromatic N) is 3. The molecule has 2 rings (SSSR count). The molecule has 24 heavy (non-hydrogen) atoms. The van der Waals surface area contributed by atoms with Crippen LogP contribution in [0.2, 0.25) is 0 Å². The highest BCUT2D eigenvalue weighted by Gasteiger charge is 2.11. The number of rotatable bonds is 7. The Balaban J connectivity index is 1.81. The SMILES string of the molecule is C[C@@H](NC(=O)Nc1ccc(SCCN(C)C)cc1)c1cnn(C)c1. The zero-order valence-corrected chi connectivity index (χ0v) is 15.4. The second-order valence-electron chi connectivity index (χ2n) is 5.94. The highest BCUT2D eigenvalue weighted by atomic mass is 32.2. The second kappa shape index (κ2) is 8.75. The number of benzene rings is 1. The zero-order chi connectivity index (χ0) is 17.5. The van der Waals surface area contributed by atoms with E-state index in [1.165, 1.54) is 4.90 Å². The lowest BCUT2D eigenvalue weighted by Gasteiger charge is -2.13. The number of carbonyl (C=O) groups excluding carboxylic acids is 1. The van der Waals surface area contributed by atoms with Crippen LogP contribution in [0.1, 0.15) is 18.5 Å². The number of anilines is 1. The van der Waals surface area contributed by atoms with Gasteiger partial charge in [0.15, 0.2) is 0 Å². The molecule has 0 aliphatic heterocycles. The first-order valence-corrected chi connectivity index (χ1v) is 8.86. The number of urea groups is 1. The molecule has 0 saturated carbocycles. The summed E-state index contributed by atoms with van der Waals surface area (Å²) in [5.74, 6) is 1.04. The van der Waals surface area contributed by atoms with Gasteiger partial charge in [0.1, 0.15) is 0 Å². The van der Waals surface area contributed by atoms with Crippen LogP contribution < -0.4 is 10.6 Å². The van der Waals surface area contributed by atoms with E-state index < -0.39 is 0 Å². The Morgan fingerprint density at radius 1 is 1.33 bits per heavy atom. The number of hydrogen-bond acceptors (Lipinski definition) is 4. The smallest absolute Gasteiger partial charge is 0.319 e. The molecule has 0 bridgehead atoms. The van der Waals surface area contributed by atoms with Crippen molar-refractivity contribution < 1.29 is 4.79 Å². The van der Waals surface area contributed by atoms with Crippen LogP contribution in [-0.2, 0) is 7.05 Å². The monoisotopic (exact) mass is 347 g/mol. The Kier molecular flexibility index (Phi) is 6.69. The molecule has 0 aliphatic carbocycles. The van der Waals surface area contributed by atoms with Gasteiger partial charge in [-0.25, -0.2) is 4.79 Å². The van der Waals surface area contributed by atoms with E-state index in [0.717, 1.165) is 23.5 Å². The molecule has 0 aliphatic rings. The third-order valence-corrected chi connectivity index (χ3v) is 4.48. The van der Waals surface area contributed by atoms with Gasteiger partial charge >= 0.3 is 6.03 Å². The lowest BCUT2D eigenvalue weighted by atomic mass is 10.2. The van der Waals surface area contributed by atoms with Crippen molar-refractivity contribution in [3.8, 4) is 0 Å². The summed E-state index contributed by atoms with van der Waals surface area (Å²) in [6, 6.07) is 7.58. The standard InChI is InChI=1S/C17H25N5OS/c1-13(14-11-18-22(4)12-14)19-17(23)20-15-5-7-16(8-6-15)24-10-9-21(2)3/h5-8,11-13H,9-10H2,1-4H3,(H2,19,20,23)/t13-/m1/s1. The molecular formula is C17H25N5OS. The quantitative estimate of drug-likeness (QED) is 0.756. The van der Waals surface area contributed by atoms with Gasteiger partial charge in [-0.2, -0.15) is 5.10 Å². The fourth-order valence-electron chi connectivity index (χ4n) is 2.09. The summed E-state index contributed by atoms with van der Waals surface area (Å²) in [5, 5.41) is 9.87. The highest BCUT2D eigenvalue weighted by Crippen LogP contribution is 2.20. The molecular weight excluding hydrogens is 322 g/mol. The largest absolute Gasteiger partial charge is 0.331 e. The first-order chi connectivity index (χ1) is 11.4. The number of aryl methyl sites for hydroxylation is 1. The molecule has 1 aromatic carbocycles. The fourth-order valence-corrected chi connectivity index (χ4v) is 3.11. The van der Waals surface area contributed by atoms with Gasteiger partial charge < -0.3 is 15.5 Å². The number of nitrogens with one attached hydrogen (secondary N) is 2. The minimum absolute atomic E-state index is 0.0976. The van der Waals surface area contributed by atoms with Crippen molar-refractivity contribution in [3.05, 3.63) is 42.2 Å². The molecule has 1 heterocycles. The Morgan fingerprint density at radius 2 is 2.04 bits per heavy atom. The van der Waals surface area contributed by atoms with Crippen molar-refractivity contribution in [3.63, 3.8) is 0 Å². The van der Waals surface area contributed by atoms with Crippen LogP contribution in [-0.4, -0.2) is 47.1 Å². The van der Waals surface area contributed by atoms with Gasteiger partial charge in [0.05, 0.1) is 12.2 Å². The predicted octanol–water partition coefficient (Wildman–Crippen LogP) is 2.96. The molecule has 7 heteroatoms. The van der Waals surface area contributed by atoms with Crippen LogP contribution in [0.15, 0.2) is 41.6 Å². The molecule has 0 unspecified atom stereocenters. The lowest BCUT2D eigenvalue weighted by Crippen LogP contribution is -2.30. The summed E-state index contributed by atoms with van der Waals surface area (Å²) >= 11 is 1.81. The lowest BCUT2D eigenvalue weighted by molar-refractivity contribution is 0.249. The topological polar surface area (TPSA) is 62.2 Å². The Labute approximate surface area is 147 Å². The second-order valence-corrected chi connectivity index (χ2v) is 7.11. The summed E-state index contributed by atoms with van der Waals surface area (Å²) < 4.78 is 1.72. The van der Waals surface area contributed by atoms with Gasteiger partial charge in [-0.3, -0.25) is 4.68 Å². The summed E-state index contributed by atoms with van der Waals surface area (Å²) in [6.45, 7) is 2.97. The zero-order valence-electron chi connectivity index (χ0n) is 14.6. The molecule has 6 nitrogen and oxygen atoms in total. The van der Waals surface area contributed by atoms with E-state index in [1.54, 1.807) is 10.9 Å². The molecule has 130 valence electrons. The van der Waals surface area contributed by atoms with E-state index in [2.05, 4.69) is 34.7 Å². The minimum Gasteiger partial charge on any atom is -0.331 e. The van der Waals surface area contributed by atoms with Crippen molar-refractivity contribution in [2.24, 2.45) is 7.05 Å². The number of thioether (sulfide) groups is 1. The molecule has 2 N–H and O–H groups in total. The molecule has 0 saturated heterocycles. The van der Waals surface area contributed by atoms with Crippen LogP contribution in [0.4, 0.5) is 10.5 Å². The van der Waals surface area contributed by atoms with E-state index in [-0.39, 0.29) is 12.1 Å². The summed E-state index contributed by atoms with van der Waals surface area (Å²) in [5.41, 5.74) is 1.75. The first-order valence-electron chi connectivity index (χ1n) is 7.87. The van der Waals surface area contributed by atoms with Gasteiger partial charge in [-0.15, -0.1) is 11.8 Å². The van der Waals surface area contributed by atoms with Gasteiger partial charge in [0.25, 0.3) is 0 Å². The van der Waals surface area contributed by atoms with Crippen molar-refractivity contribution in [2.45, 2.75) is 17.9 Å². The van der Waals surface area contributed by atoms with Gasteiger partial charge in [0, 0.05) is 41.7 Å². The molecule has 2 amide bonds. The van der Waals surface area contributed by atoms with Crippen molar-refractivity contribution in [1.82, 2.24) is 20.0 Å². The van der Waals surface area contributed by atoms with Crippen molar-refractivity contribution >= 4 is 23.5 Å². The maximum Gasteiger partial charge on any atom is 0.319 e. The number of carbonyl (C=O) groups is 1. The molecule has 0 spiro atoms. The average molecular weight is 347 g/mol. The van der Waals surface area contributed by atoms with E-state index >= 15 is 0 Å². The van der Waals surface area contributed by atoms with Crippen molar-refractivity contribution in [1.29, 1.82) is 0 Å². The Hall–Kier alpha value is -1.99. The average Bonchev–Trinajstić information content (AvgIpc) is 2.95. The Morgan fingerprint density at radius 3 is 2.62 bits per heavy atom. The number of amides is 2. The van der Waals surface area contributed by atoms with E-state index in [9.17, 15) is 4.79 Å². The van der Waals surface area contributed by atoms with Gasteiger partial charge in [-0.1, -0.05) is 0 Å². The summed E-state index contributed by atoms with van der Waals surface area (Å²) in [4.78, 5) is 15.4. The molecule has 1 atom stereocenters. The normalized spacial score (nSPS) is 12.2. The maximum atomic E-state index is 12.1. The van der Waals surface area contributed by atoms with E-state index in [0.29, 0.717) is 0 Å². The van der Waals surface area contributed by atoms with Gasteiger partial charge in [-0.05, 0) is 45.3 Å². The van der Waals surface area contributed by atoms with Crippen LogP contribution >= 0.6 is 11.8 Å². The van der Waals surface area contributed by atoms with Crippen molar-refractivity contribution in [2.75, 3.05) is 31.7 Å². The third kappa shape index (κ3) is 5.90. The summed E-state index contributed by atoms with van der Waals surface area (Å²) in [6.07, 6.45) is 3.65. The van der Waals surface area contributed by atoms with Crippen LogP contribution in [0, 0.1) is 0 Å². The predicted molar refractivity (Wildman–Crippen MR) is 99.5 cm³/mol. The van der Waals surface area contributed by atoms with Crippen LogP contribution in [0.25, 0.3) is 0 Å². The molecule has 0 fully saturated rings. The fraction of sp³-hybridized carbons (Fsp3) is 0.412. The van der Waals surface area contributed by atoms with Crippen LogP contribution in [0.5, 0.6) is 0 Å². The molecule has 0 radical (unpaired) electrons. The minimum atomic E-state index is -0.223. The Bertz CT molecular complexity index is 653. The number of hydrogen-bond donors (Lipinski definition) is 2. The maximum absolute atomic E-state index is 12.1. The van der Waals surface area contributed by atoms with Crippen LogP contribution in [0.3, 0.4) is 0 Å².